The van der Waals surface area contributed by atoms with Gasteiger partial charge in [-0.15, -0.1) is 0 Å². The van der Waals surface area contributed by atoms with Crippen LogP contribution in [0.3, 0.4) is 0 Å². The lowest BCUT2D eigenvalue weighted by Crippen LogP contribution is -2.16. The normalized spacial score (nSPS) is 11.5. The first-order valence-electron chi connectivity index (χ1n) is 7.62. The second-order valence-corrected chi connectivity index (χ2v) is 8.48. The van der Waals surface area contributed by atoms with Crippen LogP contribution in [0.25, 0.3) is 0 Å². The van der Waals surface area contributed by atoms with Crippen LogP contribution < -0.4 is 9.46 Å². The zero-order valence-corrected chi connectivity index (χ0v) is 17.0. The molecule has 0 fully saturated rings. The Bertz CT molecular complexity index is 961. The van der Waals surface area contributed by atoms with Crippen molar-refractivity contribution in [3.8, 4) is 5.88 Å². The van der Waals surface area contributed by atoms with Gasteiger partial charge in [0.2, 0.25) is 5.88 Å². The molecule has 0 amide bonds. The van der Waals surface area contributed by atoms with Crippen LogP contribution in [0.2, 0.25) is 0 Å². The van der Waals surface area contributed by atoms with Crippen LogP contribution in [0.5, 0.6) is 5.88 Å². The van der Waals surface area contributed by atoms with E-state index in [0.29, 0.717) is 10.0 Å². The first-order valence-corrected chi connectivity index (χ1v) is 9.89. The molecule has 1 heterocycles. The van der Waals surface area contributed by atoms with E-state index in [1.807, 2.05) is 0 Å². The molecule has 0 aliphatic heterocycles. The van der Waals surface area contributed by atoms with Crippen LogP contribution in [0, 0.1) is 24.0 Å². The van der Waals surface area contributed by atoms with Crippen molar-refractivity contribution < 1.29 is 18.1 Å². The highest BCUT2D eigenvalue weighted by atomic mass is 79.9. The van der Waals surface area contributed by atoms with E-state index in [-0.39, 0.29) is 28.3 Å². The second-order valence-electron chi connectivity index (χ2n) is 5.94. The number of sulfonamides is 1. The predicted molar refractivity (Wildman–Crippen MR) is 101 cm³/mol. The summed E-state index contributed by atoms with van der Waals surface area (Å²) in [5, 5.41) is 11.2. The Morgan fingerprint density at radius 2 is 1.92 bits per heavy atom. The highest BCUT2D eigenvalue weighted by Crippen LogP contribution is 2.32. The van der Waals surface area contributed by atoms with E-state index < -0.39 is 14.9 Å². The molecule has 0 saturated heterocycles. The average molecular weight is 444 g/mol. The van der Waals surface area contributed by atoms with Crippen molar-refractivity contribution in [3.63, 3.8) is 0 Å². The summed E-state index contributed by atoms with van der Waals surface area (Å²) in [6.45, 7) is 6.88. The monoisotopic (exact) mass is 443 g/mol. The number of nitro benzene ring substituents is 1. The number of benzene rings is 1. The minimum atomic E-state index is -4.09. The number of pyridine rings is 1. The lowest BCUT2D eigenvalue weighted by atomic mass is 10.2. The summed E-state index contributed by atoms with van der Waals surface area (Å²) in [5.41, 5.74) is 0.948. The molecule has 26 heavy (non-hydrogen) atoms. The van der Waals surface area contributed by atoms with Gasteiger partial charge in [-0.25, -0.2) is 13.4 Å². The summed E-state index contributed by atoms with van der Waals surface area (Å²) >= 11 is 3.17. The SMILES string of the molecule is Cc1cnc(OC(C)C)c(NS(=O)(=O)c2cc(Br)c(C)c([N+](=O)[O-])c2)c1. The van der Waals surface area contributed by atoms with E-state index in [2.05, 4.69) is 25.6 Å². The van der Waals surface area contributed by atoms with Gasteiger partial charge in [-0.2, -0.15) is 0 Å². The number of ether oxygens (including phenoxy) is 1. The maximum Gasteiger partial charge on any atom is 0.274 e. The standard InChI is InChI=1S/C16H18BrN3O5S/c1-9(2)25-16-14(5-10(3)8-18-16)19-26(23,24)12-6-13(17)11(4)15(7-12)20(21)22/h5-9,19H,1-4H3. The maximum absolute atomic E-state index is 12.8. The molecule has 0 bridgehead atoms. The number of hydrogen-bond donors (Lipinski definition) is 1. The molecule has 1 aromatic carbocycles. The molecule has 8 nitrogen and oxygen atoms in total. The summed E-state index contributed by atoms with van der Waals surface area (Å²) in [7, 11) is -4.09. The minimum Gasteiger partial charge on any atom is -0.473 e. The summed E-state index contributed by atoms with van der Waals surface area (Å²) in [6.07, 6.45) is 1.35. The number of halogens is 1. The van der Waals surface area contributed by atoms with Crippen LogP contribution in [0.1, 0.15) is 25.0 Å². The number of nitro groups is 1. The Morgan fingerprint density at radius 1 is 1.27 bits per heavy atom. The van der Waals surface area contributed by atoms with E-state index >= 15 is 0 Å². The lowest BCUT2D eigenvalue weighted by molar-refractivity contribution is -0.385. The van der Waals surface area contributed by atoms with Gasteiger partial charge in [0, 0.05) is 22.3 Å². The van der Waals surface area contributed by atoms with E-state index in [1.54, 1.807) is 33.0 Å². The molecule has 0 atom stereocenters. The number of nitrogens with zero attached hydrogens (tertiary/aromatic N) is 2. The van der Waals surface area contributed by atoms with Crippen LogP contribution in [0.15, 0.2) is 33.8 Å². The molecule has 0 spiro atoms. The highest BCUT2D eigenvalue weighted by Gasteiger charge is 2.24. The quantitative estimate of drug-likeness (QED) is 0.533. The fraction of sp³-hybridized carbons (Fsp3) is 0.312. The summed E-state index contributed by atoms with van der Waals surface area (Å²) in [4.78, 5) is 14.4. The first kappa shape index (κ1) is 20.1. The molecule has 0 saturated carbocycles. The van der Waals surface area contributed by atoms with Gasteiger partial charge in [0.05, 0.1) is 15.9 Å². The molecule has 140 valence electrons. The van der Waals surface area contributed by atoms with E-state index in [9.17, 15) is 18.5 Å². The van der Waals surface area contributed by atoms with Crippen molar-refractivity contribution in [2.24, 2.45) is 0 Å². The molecule has 0 aliphatic rings. The number of anilines is 1. The van der Waals surface area contributed by atoms with Crippen LogP contribution in [-0.4, -0.2) is 24.4 Å². The number of rotatable bonds is 6. The van der Waals surface area contributed by atoms with Crippen LogP contribution in [0.4, 0.5) is 11.4 Å². The molecular formula is C16H18BrN3O5S. The lowest BCUT2D eigenvalue weighted by Gasteiger charge is -2.15. The molecule has 0 radical (unpaired) electrons. The van der Waals surface area contributed by atoms with Gasteiger partial charge in [-0.1, -0.05) is 15.9 Å². The maximum atomic E-state index is 12.8. The molecule has 10 heteroatoms. The molecule has 0 aliphatic carbocycles. The average Bonchev–Trinajstić information content (AvgIpc) is 2.51. The van der Waals surface area contributed by atoms with E-state index in [1.165, 1.54) is 13.0 Å². The Kier molecular flexibility index (Phi) is 5.87. The van der Waals surface area contributed by atoms with Crippen molar-refractivity contribution in [3.05, 3.63) is 50.1 Å². The molecule has 1 N–H and O–H groups in total. The largest absolute Gasteiger partial charge is 0.473 e. The van der Waals surface area contributed by atoms with Gasteiger partial charge in [0.1, 0.15) is 5.69 Å². The van der Waals surface area contributed by atoms with E-state index in [0.717, 1.165) is 11.6 Å². The topological polar surface area (TPSA) is 111 Å². The minimum absolute atomic E-state index is 0.134. The van der Waals surface area contributed by atoms with Gasteiger partial charge in [0.15, 0.2) is 0 Å². The zero-order valence-electron chi connectivity index (χ0n) is 14.6. The van der Waals surface area contributed by atoms with Crippen molar-refractivity contribution >= 4 is 37.3 Å². The van der Waals surface area contributed by atoms with Gasteiger partial charge in [-0.05, 0) is 45.4 Å². The fourth-order valence-electron chi connectivity index (χ4n) is 2.14. The van der Waals surface area contributed by atoms with Crippen molar-refractivity contribution in [2.45, 2.75) is 38.7 Å². The summed E-state index contributed by atoms with van der Waals surface area (Å²) < 4.78 is 33.8. The Labute approximate surface area is 159 Å². The Morgan fingerprint density at radius 3 is 2.50 bits per heavy atom. The number of hydrogen-bond acceptors (Lipinski definition) is 6. The van der Waals surface area contributed by atoms with Gasteiger partial charge in [0.25, 0.3) is 15.7 Å². The third-order valence-electron chi connectivity index (χ3n) is 3.38. The second kappa shape index (κ2) is 7.58. The summed E-state index contributed by atoms with van der Waals surface area (Å²) in [5.74, 6) is 0.134. The number of nitrogens with one attached hydrogen (secondary N) is 1. The molecule has 1 aromatic heterocycles. The van der Waals surface area contributed by atoms with Crippen molar-refractivity contribution in [1.82, 2.24) is 4.98 Å². The van der Waals surface area contributed by atoms with Gasteiger partial charge >= 0.3 is 0 Å². The van der Waals surface area contributed by atoms with E-state index in [4.69, 9.17) is 4.74 Å². The van der Waals surface area contributed by atoms with Crippen molar-refractivity contribution in [1.29, 1.82) is 0 Å². The van der Waals surface area contributed by atoms with Crippen LogP contribution >= 0.6 is 15.9 Å². The van der Waals surface area contributed by atoms with Gasteiger partial charge in [-0.3, -0.25) is 14.8 Å². The van der Waals surface area contributed by atoms with Crippen molar-refractivity contribution in [2.75, 3.05) is 4.72 Å². The highest BCUT2D eigenvalue weighted by molar-refractivity contribution is 9.10. The fourth-order valence-corrected chi connectivity index (χ4v) is 3.83. The Balaban J connectivity index is 2.50. The van der Waals surface area contributed by atoms with Gasteiger partial charge < -0.3 is 4.74 Å². The van der Waals surface area contributed by atoms with Crippen LogP contribution in [-0.2, 0) is 10.0 Å². The number of aromatic nitrogens is 1. The predicted octanol–water partition coefficient (Wildman–Crippen LogP) is 3.96. The smallest absolute Gasteiger partial charge is 0.274 e. The number of aryl methyl sites for hydroxylation is 1. The molecule has 2 rings (SSSR count). The molecular weight excluding hydrogens is 426 g/mol. The third kappa shape index (κ3) is 4.50. The third-order valence-corrected chi connectivity index (χ3v) is 5.55. The Hall–Kier alpha value is -2.20. The first-order chi connectivity index (χ1) is 12.0. The molecule has 0 unspecified atom stereocenters. The summed E-state index contributed by atoms with van der Waals surface area (Å²) in [6, 6.07) is 3.92. The molecule has 2 aromatic rings. The zero-order chi connectivity index (χ0) is 19.6.